The molecule has 0 spiro atoms. The molecule has 0 amide bonds. The monoisotopic (exact) mass is 643 g/mol. The minimum Gasteiger partial charge on any atom is -0.478 e. The number of imidazole rings is 2. The number of para-hydroxylation sites is 1. The molecule has 0 aliphatic carbocycles. The lowest BCUT2D eigenvalue weighted by molar-refractivity contribution is -0.0711. The van der Waals surface area contributed by atoms with Crippen molar-refractivity contribution in [3.63, 3.8) is 0 Å². The first-order valence-corrected chi connectivity index (χ1v) is 16.0. The van der Waals surface area contributed by atoms with Crippen molar-refractivity contribution in [1.29, 1.82) is 0 Å². The smallest absolute Gasteiger partial charge is 0.335 e. The summed E-state index contributed by atoms with van der Waals surface area (Å²) in [5, 5.41) is 9.96. The van der Waals surface area contributed by atoms with E-state index in [0.29, 0.717) is 41.1 Å². The predicted octanol–water partition coefficient (Wildman–Crippen LogP) is 6.89. The molecule has 238 valence electrons. The van der Waals surface area contributed by atoms with E-state index < -0.39 is 17.6 Å². The Morgan fingerprint density at radius 1 is 1.11 bits per heavy atom. The minimum absolute atomic E-state index is 0.241. The second-order valence-electron chi connectivity index (χ2n) is 12.2. The second kappa shape index (κ2) is 12.1. The van der Waals surface area contributed by atoms with Crippen LogP contribution in [0.3, 0.4) is 0 Å². The van der Waals surface area contributed by atoms with Crippen LogP contribution in [0.25, 0.3) is 11.0 Å². The number of nitrogens with zero attached hydrogens (tertiary/aromatic N) is 5. The summed E-state index contributed by atoms with van der Waals surface area (Å²) in [4.78, 5) is 23.5. The first-order chi connectivity index (χ1) is 22.2. The Bertz CT molecular complexity index is 1930. The number of ether oxygens (including phenoxy) is 2. The summed E-state index contributed by atoms with van der Waals surface area (Å²) < 4.78 is 31.5. The van der Waals surface area contributed by atoms with Crippen molar-refractivity contribution in [2.75, 3.05) is 13.1 Å². The van der Waals surface area contributed by atoms with Gasteiger partial charge in [-0.15, -0.1) is 0 Å². The fourth-order valence-corrected chi connectivity index (χ4v) is 6.86. The van der Waals surface area contributed by atoms with Crippen molar-refractivity contribution in [3.8, 4) is 11.5 Å². The van der Waals surface area contributed by atoms with Gasteiger partial charge in [-0.1, -0.05) is 23.7 Å². The summed E-state index contributed by atoms with van der Waals surface area (Å²) in [5.41, 5.74) is 4.22. The molecule has 0 radical (unpaired) electrons. The number of carboxylic acid groups (broad SMARTS) is 1. The third kappa shape index (κ3) is 5.71. The molecule has 0 saturated carbocycles. The molecule has 2 aliphatic rings. The quantitative estimate of drug-likeness (QED) is 0.187. The van der Waals surface area contributed by atoms with Gasteiger partial charge in [0.05, 0.1) is 47.3 Å². The van der Waals surface area contributed by atoms with Crippen LogP contribution in [0.15, 0.2) is 67.1 Å². The summed E-state index contributed by atoms with van der Waals surface area (Å²) in [6.07, 6.45) is 6.50. The molecule has 0 bridgehead atoms. The van der Waals surface area contributed by atoms with Gasteiger partial charge < -0.3 is 23.7 Å². The third-order valence-corrected chi connectivity index (χ3v) is 9.43. The number of aromatic nitrogens is 4. The van der Waals surface area contributed by atoms with Gasteiger partial charge in [0.1, 0.15) is 11.6 Å². The van der Waals surface area contributed by atoms with E-state index in [0.717, 1.165) is 67.0 Å². The van der Waals surface area contributed by atoms with Crippen molar-refractivity contribution in [3.05, 3.63) is 106 Å². The van der Waals surface area contributed by atoms with Crippen LogP contribution in [0, 0.1) is 11.7 Å². The zero-order valence-electron chi connectivity index (χ0n) is 25.7. The average molecular weight is 644 g/mol. The zero-order valence-corrected chi connectivity index (χ0v) is 26.5. The minimum atomic E-state index is -1.28. The molecule has 3 aromatic carbocycles. The van der Waals surface area contributed by atoms with Crippen LogP contribution in [-0.4, -0.2) is 48.2 Å². The number of likely N-dealkylation sites (tertiary alicyclic amines) is 1. The number of hydrogen-bond acceptors (Lipinski definition) is 6. The van der Waals surface area contributed by atoms with Crippen LogP contribution in [0.2, 0.25) is 5.02 Å². The molecular formula is C35H35ClFN5O4. The Hall–Kier alpha value is -4.41. The van der Waals surface area contributed by atoms with Crippen LogP contribution < -0.4 is 9.47 Å². The summed E-state index contributed by atoms with van der Waals surface area (Å²) in [6.45, 7) is 7.62. The normalized spacial score (nSPS) is 18.4. The number of halogens is 2. The summed E-state index contributed by atoms with van der Waals surface area (Å²) in [6, 6.07) is 15.5. The van der Waals surface area contributed by atoms with Gasteiger partial charge >= 0.3 is 5.97 Å². The number of carboxylic acids is 1. The maximum Gasteiger partial charge on any atom is 0.335 e. The van der Waals surface area contributed by atoms with Gasteiger partial charge in [0, 0.05) is 24.7 Å². The fourth-order valence-electron chi connectivity index (χ4n) is 6.70. The molecule has 1 atom stereocenters. The van der Waals surface area contributed by atoms with E-state index in [1.165, 1.54) is 6.07 Å². The van der Waals surface area contributed by atoms with Gasteiger partial charge in [-0.25, -0.2) is 19.2 Å². The molecule has 1 saturated heterocycles. The molecule has 1 fully saturated rings. The predicted molar refractivity (Wildman–Crippen MR) is 172 cm³/mol. The lowest BCUT2D eigenvalue weighted by atomic mass is 9.89. The maximum absolute atomic E-state index is 14.8. The van der Waals surface area contributed by atoms with Gasteiger partial charge in [0.15, 0.2) is 11.5 Å². The third-order valence-electron chi connectivity index (χ3n) is 9.20. The Balaban J connectivity index is 1.05. The van der Waals surface area contributed by atoms with Gasteiger partial charge in [0.25, 0.3) is 5.79 Å². The maximum atomic E-state index is 14.8. The van der Waals surface area contributed by atoms with Crippen LogP contribution in [-0.2, 0) is 31.8 Å². The van der Waals surface area contributed by atoms with E-state index in [2.05, 4.69) is 32.0 Å². The standard InChI is InChI=1S/C35H35ClFN5O4/c1-3-41-21-38-18-26(41)19-42-30-16-24(34(43)44)7-10-29(30)39-32(42)20-40-13-11-22(12-14-40)15-23-5-4-6-31-33(23)46-35(2,45-31)27-9-8-25(36)17-28(27)37/h4-10,16-18,21-22H,3,11-15,19-20H2,1-2H3,(H,43,44). The van der Waals surface area contributed by atoms with Crippen LogP contribution in [0.5, 0.6) is 11.5 Å². The van der Waals surface area contributed by atoms with E-state index >= 15 is 0 Å². The van der Waals surface area contributed by atoms with Crippen molar-refractivity contribution in [1.82, 2.24) is 24.0 Å². The second-order valence-corrected chi connectivity index (χ2v) is 12.7. The lowest BCUT2D eigenvalue weighted by Gasteiger charge is -2.32. The molecule has 46 heavy (non-hydrogen) atoms. The molecular weight excluding hydrogens is 609 g/mol. The SMILES string of the molecule is CCn1cncc1Cn1c(CN2CCC(Cc3cccc4c3OC(C)(c3ccc(Cl)cc3F)O4)CC2)nc2ccc(C(=O)O)cc21. The zero-order chi connectivity index (χ0) is 32.0. The van der Waals surface area contributed by atoms with Crippen LogP contribution >= 0.6 is 11.6 Å². The molecule has 2 aliphatic heterocycles. The topological polar surface area (TPSA) is 94.6 Å². The number of benzene rings is 3. The van der Waals surface area contributed by atoms with Gasteiger partial charge in [-0.2, -0.15) is 0 Å². The molecule has 1 N–H and O–H groups in total. The van der Waals surface area contributed by atoms with E-state index in [1.807, 2.05) is 24.7 Å². The summed E-state index contributed by atoms with van der Waals surface area (Å²) in [5.74, 6) is -0.0737. The summed E-state index contributed by atoms with van der Waals surface area (Å²) in [7, 11) is 0. The Morgan fingerprint density at radius 3 is 2.70 bits per heavy atom. The van der Waals surface area contributed by atoms with Crippen molar-refractivity contribution in [2.45, 2.75) is 58.5 Å². The highest BCUT2D eigenvalue weighted by Gasteiger charge is 2.42. The molecule has 2 aromatic heterocycles. The van der Waals surface area contributed by atoms with Gasteiger partial charge in [0.2, 0.25) is 0 Å². The van der Waals surface area contributed by atoms with E-state index in [1.54, 1.807) is 37.3 Å². The Morgan fingerprint density at radius 2 is 1.93 bits per heavy atom. The molecule has 5 aromatic rings. The molecule has 9 nitrogen and oxygen atoms in total. The number of aryl methyl sites for hydroxylation is 1. The number of carbonyl (C=O) groups is 1. The first-order valence-electron chi connectivity index (χ1n) is 15.6. The van der Waals surface area contributed by atoms with Crippen molar-refractivity contribution in [2.24, 2.45) is 5.92 Å². The van der Waals surface area contributed by atoms with Crippen LogP contribution in [0.1, 0.15) is 59.7 Å². The van der Waals surface area contributed by atoms with E-state index in [4.69, 9.17) is 26.1 Å². The highest BCUT2D eigenvalue weighted by Crippen LogP contribution is 2.47. The molecule has 4 heterocycles. The highest BCUT2D eigenvalue weighted by molar-refractivity contribution is 6.30. The molecule has 11 heteroatoms. The average Bonchev–Trinajstić information content (AvgIpc) is 3.73. The van der Waals surface area contributed by atoms with E-state index in [9.17, 15) is 14.3 Å². The Labute approximate surface area is 271 Å². The highest BCUT2D eigenvalue weighted by atomic mass is 35.5. The summed E-state index contributed by atoms with van der Waals surface area (Å²) >= 11 is 5.98. The fraction of sp³-hybridized carbons (Fsp3) is 0.343. The number of hydrogen-bond donors (Lipinski definition) is 1. The number of fused-ring (bicyclic) bond motifs is 2. The van der Waals surface area contributed by atoms with Gasteiger partial charge in [-0.3, -0.25) is 4.90 Å². The lowest BCUT2D eigenvalue weighted by Crippen LogP contribution is -2.35. The first kappa shape index (κ1) is 30.3. The van der Waals surface area contributed by atoms with Crippen LogP contribution in [0.4, 0.5) is 4.39 Å². The van der Waals surface area contributed by atoms with Crippen molar-refractivity contribution >= 4 is 28.6 Å². The molecule has 7 rings (SSSR count). The van der Waals surface area contributed by atoms with E-state index in [-0.39, 0.29) is 5.56 Å². The van der Waals surface area contributed by atoms with Gasteiger partial charge in [-0.05, 0) is 93.2 Å². The Kier molecular flexibility index (Phi) is 7.94. The largest absolute Gasteiger partial charge is 0.478 e. The number of aromatic carboxylic acids is 1. The number of piperidine rings is 1. The number of rotatable bonds is 9. The molecule has 1 unspecified atom stereocenters. The van der Waals surface area contributed by atoms with Crippen molar-refractivity contribution < 1.29 is 23.8 Å².